The Bertz CT molecular complexity index is 1300. The van der Waals surface area contributed by atoms with Gasteiger partial charge >= 0.3 is 5.69 Å². The van der Waals surface area contributed by atoms with E-state index in [0.29, 0.717) is 28.4 Å². The molecule has 1 aromatic carbocycles. The molecular formula is C20H16ClFN6O2. The van der Waals surface area contributed by atoms with Crippen molar-refractivity contribution in [2.75, 3.05) is 0 Å². The van der Waals surface area contributed by atoms with Gasteiger partial charge in [-0.2, -0.15) is 0 Å². The smallest absolute Gasteiger partial charge is 0.350 e. The normalized spacial score (nSPS) is 11.0. The largest absolute Gasteiger partial charge is 0.352 e. The van der Waals surface area contributed by atoms with Crippen LogP contribution < -0.4 is 11.0 Å². The molecule has 0 spiro atoms. The van der Waals surface area contributed by atoms with E-state index in [0.717, 1.165) is 4.68 Å². The molecule has 3 aromatic heterocycles. The van der Waals surface area contributed by atoms with Crippen molar-refractivity contribution in [3.8, 4) is 11.4 Å². The van der Waals surface area contributed by atoms with Crippen LogP contribution in [0.5, 0.6) is 0 Å². The Morgan fingerprint density at radius 3 is 2.77 bits per heavy atom. The van der Waals surface area contributed by atoms with Gasteiger partial charge in [-0.1, -0.05) is 23.7 Å². The van der Waals surface area contributed by atoms with Gasteiger partial charge in [0.2, 0.25) is 5.91 Å². The number of fused-ring (bicyclic) bond motifs is 1. The van der Waals surface area contributed by atoms with E-state index < -0.39 is 17.4 Å². The molecule has 0 saturated carbocycles. The van der Waals surface area contributed by atoms with Crippen LogP contribution in [0.2, 0.25) is 5.02 Å². The zero-order valence-electron chi connectivity index (χ0n) is 15.8. The van der Waals surface area contributed by atoms with Gasteiger partial charge in [0.1, 0.15) is 18.2 Å². The van der Waals surface area contributed by atoms with Crippen LogP contribution in [0, 0.1) is 12.7 Å². The SMILES string of the molecule is Cc1nc(-c2ccccn2)cc2nn(CC(=O)NCc3ccc(F)c(Cl)c3)c(=O)n12. The average Bonchev–Trinajstić information content (AvgIpc) is 3.05. The van der Waals surface area contributed by atoms with Crippen molar-refractivity contribution in [3.05, 3.63) is 81.4 Å². The summed E-state index contributed by atoms with van der Waals surface area (Å²) in [5.74, 6) is -0.515. The van der Waals surface area contributed by atoms with E-state index in [9.17, 15) is 14.0 Å². The molecule has 152 valence electrons. The van der Waals surface area contributed by atoms with Crippen LogP contribution in [-0.2, 0) is 17.9 Å². The topological polar surface area (TPSA) is 94.2 Å². The van der Waals surface area contributed by atoms with E-state index in [1.165, 1.54) is 22.6 Å². The fourth-order valence-corrected chi connectivity index (χ4v) is 3.19. The monoisotopic (exact) mass is 426 g/mol. The highest BCUT2D eigenvalue weighted by molar-refractivity contribution is 6.30. The number of aryl methyl sites for hydroxylation is 1. The number of halogens is 2. The molecule has 30 heavy (non-hydrogen) atoms. The minimum absolute atomic E-state index is 0.0231. The highest BCUT2D eigenvalue weighted by atomic mass is 35.5. The molecule has 4 aromatic rings. The van der Waals surface area contributed by atoms with Gasteiger partial charge in [0.15, 0.2) is 5.65 Å². The van der Waals surface area contributed by atoms with Crippen LogP contribution in [0.3, 0.4) is 0 Å². The third-order valence-corrected chi connectivity index (χ3v) is 4.72. The van der Waals surface area contributed by atoms with Gasteiger partial charge < -0.3 is 5.32 Å². The van der Waals surface area contributed by atoms with Gasteiger partial charge in [-0.3, -0.25) is 9.78 Å². The molecule has 0 fully saturated rings. The van der Waals surface area contributed by atoms with E-state index >= 15 is 0 Å². The zero-order valence-corrected chi connectivity index (χ0v) is 16.6. The maximum atomic E-state index is 13.2. The molecule has 0 aliphatic carbocycles. The van der Waals surface area contributed by atoms with Gasteiger partial charge in [-0.15, -0.1) is 5.10 Å². The zero-order chi connectivity index (χ0) is 21.3. The summed E-state index contributed by atoms with van der Waals surface area (Å²) in [6, 6.07) is 11.3. The van der Waals surface area contributed by atoms with Crippen molar-refractivity contribution < 1.29 is 9.18 Å². The number of benzene rings is 1. The lowest BCUT2D eigenvalue weighted by Gasteiger charge is -2.05. The van der Waals surface area contributed by atoms with Crippen LogP contribution in [0.15, 0.2) is 53.5 Å². The van der Waals surface area contributed by atoms with Crippen molar-refractivity contribution in [2.24, 2.45) is 0 Å². The van der Waals surface area contributed by atoms with Crippen molar-refractivity contribution >= 4 is 23.2 Å². The molecular weight excluding hydrogens is 411 g/mol. The predicted octanol–water partition coefficient (Wildman–Crippen LogP) is 2.37. The summed E-state index contributed by atoms with van der Waals surface area (Å²) >= 11 is 5.74. The third kappa shape index (κ3) is 3.92. The van der Waals surface area contributed by atoms with Crippen LogP contribution in [0.25, 0.3) is 17.0 Å². The first-order valence-electron chi connectivity index (χ1n) is 9.01. The fraction of sp³-hybridized carbons (Fsp3) is 0.150. The van der Waals surface area contributed by atoms with Crippen LogP contribution in [0.4, 0.5) is 4.39 Å². The lowest BCUT2D eigenvalue weighted by molar-refractivity contribution is -0.122. The first kappa shape index (κ1) is 19.7. The molecule has 0 aliphatic heterocycles. The quantitative estimate of drug-likeness (QED) is 0.528. The molecule has 0 bridgehead atoms. The molecule has 8 nitrogen and oxygen atoms in total. The number of nitrogens with one attached hydrogen (secondary N) is 1. The highest BCUT2D eigenvalue weighted by Crippen LogP contribution is 2.16. The average molecular weight is 427 g/mol. The maximum Gasteiger partial charge on any atom is 0.352 e. The second kappa shape index (κ2) is 8.03. The van der Waals surface area contributed by atoms with Crippen LogP contribution >= 0.6 is 11.6 Å². The van der Waals surface area contributed by atoms with Gasteiger partial charge in [-0.05, 0) is 36.8 Å². The van der Waals surface area contributed by atoms with E-state index in [2.05, 4.69) is 20.4 Å². The number of carbonyl (C=O) groups excluding carboxylic acids is 1. The summed E-state index contributed by atoms with van der Waals surface area (Å²) in [6.07, 6.45) is 1.65. The molecule has 0 atom stereocenters. The Balaban J connectivity index is 1.54. The predicted molar refractivity (Wildman–Crippen MR) is 108 cm³/mol. The number of amides is 1. The Hall–Kier alpha value is -3.59. The standard InChI is InChI=1S/C20H16ClFN6O2/c1-12-25-17(16-4-2-3-7-23-16)9-18-26-27(20(30)28(12)18)11-19(29)24-10-13-5-6-15(22)14(21)8-13/h2-9H,10-11H2,1H3,(H,24,29). The first-order valence-corrected chi connectivity index (χ1v) is 9.39. The molecule has 3 heterocycles. The Kier molecular flexibility index (Phi) is 5.28. The first-order chi connectivity index (χ1) is 14.4. The van der Waals surface area contributed by atoms with Crippen molar-refractivity contribution in [3.63, 3.8) is 0 Å². The summed E-state index contributed by atoms with van der Waals surface area (Å²) < 4.78 is 15.6. The van der Waals surface area contributed by atoms with E-state index in [-0.39, 0.29) is 18.1 Å². The summed E-state index contributed by atoms with van der Waals surface area (Å²) in [7, 11) is 0. The fourth-order valence-electron chi connectivity index (χ4n) is 2.99. The van der Waals surface area contributed by atoms with Gasteiger partial charge in [0.05, 0.1) is 16.4 Å². The van der Waals surface area contributed by atoms with E-state index in [4.69, 9.17) is 11.6 Å². The van der Waals surface area contributed by atoms with Crippen molar-refractivity contribution in [2.45, 2.75) is 20.0 Å². The molecule has 1 amide bonds. The van der Waals surface area contributed by atoms with Gasteiger partial charge in [0, 0.05) is 18.8 Å². The Morgan fingerprint density at radius 1 is 1.20 bits per heavy atom. The summed E-state index contributed by atoms with van der Waals surface area (Å²) in [5.41, 5.74) is 1.77. The number of hydrogen-bond donors (Lipinski definition) is 1. The van der Waals surface area contributed by atoms with E-state index in [1.807, 2.05) is 12.1 Å². The summed E-state index contributed by atoms with van der Waals surface area (Å²) in [4.78, 5) is 33.6. The molecule has 1 N–H and O–H groups in total. The van der Waals surface area contributed by atoms with Crippen LogP contribution in [0.1, 0.15) is 11.4 Å². The number of pyridine rings is 1. The second-order valence-electron chi connectivity index (χ2n) is 6.56. The van der Waals surface area contributed by atoms with Crippen molar-refractivity contribution in [1.29, 1.82) is 0 Å². The molecule has 10 heteroatoms. The molecule has 0 saturated heterocycles. The summed E-state index contributed by atoms with van der Waals surface area (Å²) in [5, 5.41) is 6.89. The van der Waals surface area contributed by atoms with Crippen LogP contribution in [-0.4, -0.2) is 30.1 Å². The number of aromatic nitrogens is 5. The lowest BCUT2D eigenvalue weighted by atomic mass is 10.2. The molecule has 0 radical (unpaired) electrons. The number of carbonyl (C=O) groups is 1. The van der Waals surface area contributed by atoms with Gasteiger partial charge in [0.25, 0.3) is 0 Å². The highest BCUT2D eigenvalue weighted by Gasteiger charge is 2.15. The molecule has 0 unspecified atom stereocenters. The third-order valence-electron chi connectivity index (χ3n) is 4.43. The lowest BCUT2D eigenvalue weighted by Crippen LogP contribution is -2.32. The van der Waals surface area contributed by atoms with E-state index in [1.54, 1.807) is 25.3 Å². The number of nitrogens with zero attached hydrogens (tertiary/aromatic N) is 5. The maximum absolute atomic E-state index is 13.2. The Morgan fingerprint density at radius 2 is 2.03 bits per heavy atom. The number of rotatable bonds is 5. The Labute approximate surface area is 175 Å². The molecule has 4 rings (SSSR count). The minimum atomic E-state index is -0.531. The van der Waals surface area contributed by atoms with Crippen molar-refractivity contribution in [1.82, 2.24) is 29.5 Å². The summed E-state index contributed by atoms with van der Waals surface area (Å²) in [6.45, 7) is 1.56. The number of hydrogen-bond acceptors (Lipinski definition) is 5. The molecule has 0 aliphatic rings. The van der Waals surface area contributed by atoms with Gasteiger partial charge in [-0.25, -0.2) is 23.3 Å². The minimum Gasteiger partial charge on any atom is -0.350 e. The second-order valence-corrected chi connectivity index (χ2v) is 6.97.